The van der Waals surface area contributed by atoms with E-state index in [2.05, 4.69) is 5.32 Å². The molecule has 2 fully saturated rings. The molecule has 4 nitrogen and oxygen atoms in total. The van der Waals surface area contributed by atoms with E-state index < -0.39 is 10.0 Å². The normalized spacial score (nSPS) is 24.2. The Balaban J connectivity index is 1.78. The van der Waals surface area contributed by atoms with Crippen LogP contribution in [0.25, 0.3) is 0 Å². The van der Waals surface area contributed by atoms with Crippen molar-refractivity contribution in [1.82, 2.24) is 9.62 Å². The van der Waals surface area contributed by atoms with Crippen molar-refractivity contribution in [2.75, 3.05) is 36.9 Å². The van der Waals surface area contributed by atoms with Crippen molar-refractivity contribution in [3.8, 4) is 0 Å². The summed E-state index contributed by atoms with van der Waals surface area (Å²) >= 11 is 1.85. The van der Waals surface area contributed by atoms with Crippen molar-refractivity contribution in [2.24, 2.45) is 0 Å². The second kappa shape index (κ2) is 5.71. The Hall–Kier alpha value is 0.220. The summed E-state index contributed by atoms with van der Waals surface area (Å²) in [5.74, 6) is 2.29. The maximum Gasteiger partial charge on any atom is 0.215 e. The van der Waals surface area contributed by atoms with Gasteiger partial charge in [-0.3, -0.25) is 0 Å². The maximum atomic E-state index is 12.0. The van der Waals surface area contributed by atoms with Crippen molar-refractivity contribution in [2.45, 2.75) is 25.3 Å². The highest BCUT2D eigenvalue weighted by Gasteiger charge is 2.25. The molecule has 0 aromatic rings. The predicted molar refractivity (Wildman–Crippen MR) is 68.3 cm³/mol. The number of nitrogens with zero attached hydrogens (tertiary/aromatic N) is 1. The molecular formula is C10H20N2O2S2. The molecule has 2 aliphatic rings. The van der Waals surface area contributed by atoms with E-state index in [1.165, 1.54) is 12.8 Å². The molecule has 0 amide bonds. The highest BCUT2D eigenvalue weighted by molar-refractivity contribution is 7.99. The summed E-state index contributed by atoms with van der Waals surface area (Å²) < 4.78 is 25.7. The molecule has 0 atom stereocenters. The molecular weight excluding hydrogens is 244 g/mol. The van der Waals surface area contributed by atoms with E-state index in [-0.39, 0.29) is 5.75 Å². The number of sulfonamides is 1. The first kappa shape index (κ1) is 12.7. The lowest BCUT2D eigenvalue weighted by Crippen LogP contribution is -2.38. The monoisotopic (exact) mass is 264 g/mol. The quantitative estimate of drug-likeness (QED) is 0.786. The molecule has 0 bridgehead atoms. The van der Waals surface area contributed by atoms with Crippen LogP contribution in [0.3, 0.4) is 0 Å². The van der Waals surface area contributed by atoms with E-state index in [1.807, 2.05) is 11.8 Å². The molecule has 6 heteroatoms. The van der Waals surface area contributed by atoms with Gasteiger partial charge in [-0.25, -0.2) is 12.7 Å². The van der Waals surface area contributed by atoms with Crippen LogP contribution < -0.4 is 5.32 Å². The summed E-state index contributed by atoms with van der Waals surface area (Å²) in [5.41, 5.74) is 0. The molecule has 2 rings (SSSR count). The van der Waals surface area contributed by atoms with Gasteiger partial charge in [0.2, 0.25) is 10.0 Å². The van der Waals surface area contributed by atoms with Crippen LogP contribution in [-0.2, 0) is 10.0 Å². The van der Waals surface area contributed by atoms with E-state index in [0.29, 0.717) is 25.7 Å². The minimum absolute atomic E-state index is 0.258. The molecule has 1 saturated heterocycles. The zero-order valence-corrected chi connectivity index (χ0v) is 11.2. The summed E-state index contributed by atoms with van der Waals surface area (Å²) in [7, 11) is -3.02. The van der Waals surface area contributed by atoms with Gasteiger partial charge in [-0.15, -0.1) is 0 Å². The number of nitrogens with one attached hydrogen (secondary N) is 1. The van der Waals surface area contributed by atoms with Crippen LogP contribution >= 0.6 is 11.8 Å². The molecule has 0 unspecified atom stereocenters. The summed E-state index contributed by atoms with van der Waals surface area (Å²) in [6, 6.07) is 0.592. The topological polar surface area (TPSA) is 49.4 Å². The Morgan fingerprint density at radius 3 is 2.81 bits per heavy atom. The summed E-state index contributed by atoms with van der Waals surface area (Å²) in [6.45, 7) is 2.01. The second-order valence-electron chi connectivity index (χ2n) is 4.41. The fourth-order valence-corrected chi connectivity index (χ4v) is 4.22. The smallest absolute Gasteiger partial charge is 0.215 e. The first-order valence-electron chi connectivity index (χ1n) is 5.97. The van der Waals surface area contributed by atoms with Crippen molar-refractivity contribution in [3.05, 3.63) is 0 Å². The Morgan fingerprint density at radius 1 is 1.25 bits per heavy atom. The van der Waals surface area contributed by atoms with Crippen LogP contribution in [0.5, 0.6) is 0 Å². The van der Waals surface area contributed by atoms with Gasteiger partial charge in [0.1, 0.15) is 0 Å². The summed E-state index contributed by atoms with van der Waals surface area (Å²) in [6.07, 6.45) is 3.40. The average Bonchev–Trinajstić information content (AvgIpc) is 3.03. The minimum Gasteiger partial charge on any atom is -0.313 e. The highest BCUT2D eigenvalue weighted by Crippen LogP contribution is 2.18. The Kier molecular flexibility index (Phi) is 4.52. The Labute approximate surface area is 102 Å². The fourth-order valence-electron chi connectivity index (χ4n) is 1.81. The van der Waals surface area contributed by atoms with Crippen molar-refractivity contribution < 1.29 is 8.42 Å². The molecule has 0 aromatic heterocycles. The van der Waals surface area contributed by atoms with Gasteiger partial charge < -0.3 is 5.32 Å². The van der Waals surface area contributed by atoms with Crippen LogP contribution in [0.15, 0.2) is 0 Å². The largest absolute Gasteiger partial charge is 0.313 e. The van der Waals surface area contributed by atoms with E-state index >= 15 is 0 Å². The van der Waals surface area contributed by atoms with Crippen LogP contribution in [0.2, 0.25) is 0 Å². The molecule has 0 spiro atoms. The lowest BCUT2D eigenvalue weighted by molar-refractivity contribution is 0.434. The van der Waals surface area contributed by atoms with Gasteiger partial charge in [0.05, 0.1) is 5.75 Å². The van der Waals surface area contributed by atoms with E-state index in [0.717, 1.165) is 17.9 Å². The zero-order chi connectivity index (χ0) is 11.4. The van der Waals surface area contributed by atoms with Crippen molar-refractivity contribution >= 4 is 21.8 Å². The van der Waals surface area contributed by atoms with Crippen LogP contribution in [0, 0.1) is 0 Å². The molecule has 1 aliphatic heterocycles. The van der Waals surface area contributed by atoms with Gasteiger partial charge in [-0.1, -0.05) is 0 Å². The van der Waals surface area contributed by atoms with Crippen LogP contribution in [0.1, 0.15) is 19.3 Å². The van der Waals surface area contributed by atoms with Crippen LogP contribution in [0.4, 0.5) is 0 Å². The predicted octanol–water partition coefficient (Wildman–Crippen LogP) is 0.507. The third-order valence-electron chi connectivity index (χ3n) is 2.94. The molecule has 1 aliphatic carbocycles. The maximum absolute atomic E-state index is 12.0. The number of hydrogen-bond donors (Lipinski definition) is 1. The minimum atomic E-state index is -3.02. The Morgan fingerprint density at radius 2 is 2.06 bits per heavy atom. The van der Waals surface area contributed by atoms with E-state index in [4.69, 9.17) is 0 Å². The lowest BCUT2D eigenvalue weighted by Gasteiger charge is -2.19. The SMILES string of the molecule is O=S(=O)(CCNC1CC1)N1CCCSCC1. The first-order valence-corrected chi connectivity index (χ1v) is 8.74. The van der Waals surface area contributed by atoms with Gasteiger partial charge in [-0.2, -0.15) is 11.8 Å². The Bertz CT molecular complexity index is 307. The molecule has 1 N–H and O–H groups in total. The number of thioether (sulfide) groups is 1. The van der Waals surface area contributed by atoms with Gasteiger partial charge in [0, 0.05) is 31.4 Å². The summed E-state index contributed by atoms with van der Waals surface area (Å²) in [4.78, 5) is 0. The van der Waals surface area contributed by atoms with Gasteiger partial charge in [-0.05, 0) is 25.0 Å². The van der Waals surface area contributed by atoms with Gasteiger partial charge in [0.25, 0.3) is 0 Å². The second-order valence-corrected chi connectivity index (χ2v) is 7.72. The average molecular weight is 264 g/mol. The van der Waals surface area contributed by atoms with Gasteiger partial charge >= 0.3 is 0 Å². The van der Waals surface area contributed by atoms with Crippen molar-refractivity contribution in [3.63, 3.8) is 0 Å². The summed E-state index contributed by atoms with van der Waals surface area (Å²) in [5, 5.41) is 3.26. The number of rotatable bonds is 5. The van der Waals surface area contributed by atoms with Crippen LogP contribution in [-0.4, -0.2) is 55.7 Å². The molecule has 1 heterocycles. The third kappa shape index (κ3) is 3.91. The molecule has 0 aromatic carbocycles. The van der Waals surface area contributed by atoms with E-state index in [1.54, 1.807) is 4.31 Å². The molecule has 16 heavy (non-hydrogen) atoms. The first-order chi connectivity index (χ1) is 7.68. The number of hydrogen-bond acceptors (Lipinski definition) is 4. The van der Waals surface area contributed by atoms with Gasteiger partial charge in [0.15, 0.2) is 0 Å². The fraction of sp³-hybridized carbons (Fsp3) is 1.00. The van der Waals surface area contributed by atoms with Crippen molar-refractivity contribution in [1.29, 1.82) is 0 Å². The lowest BCUT2D eigenvalue weighted by atomic mass is 10.5. The molecule has 1 saturated carbocycles. The van der Waals surface area contributed by atoms with E-state index in [9.17, 15) is 8.42 Å². The molecule has 0 radical (unpaired) electrons. The standard InChI is InChI=1S/C10H20N2O2S2/c13-16(14,9-4-11-10-2-3-10)12-5-1-7-15-8-6-12/h10-11H,1-9H2. The highest BCUT2D eigenvalue weighted by atomic mass is 32.2. The third-order valence-corrected chi connectivity index (χ3v) is 5.87. The zero-order valence-electron chi connectivity index (χ0n) is 9.52. The molecule has 94 valence electrons.